The zero-order chi connectivity index (χ0) is 21.5. The van der Waals surface area contributed by atoms with E-state index < -0.39 is 5.97 Å². The van der Waals surface area contributed by atoms with Crippen molar-refractivity contribution in [3.63, 3.8) is 0 Å². The topological polar surface area (TPSA) is 61.6 Å². The van der Waals surface area contributed by atoms with Crippen molar-refractivity contribution in [2.24, 2.45) is 0 Å². The highest BCUT2D eigenvalue weighted by Crippen LogP contribution is 2.36. The number of hydrogen-bond acceptors (Lipinski definition) is 6. The summed E-state index contributed by atoms with van der Waals surface area (Å²) in [5.41, 5.74) is 3.85. The third-order valence-corrected chi connectivity index (χ3v) is 5.44. The lowest BCUT2D eigenvalue weighted by Gasteiger charge is -2.06. The normalized spacial score (nSPS) is 10.6. The van der Waals surface area contributed by atoms with Crippen LogP contribution in [0.3, 0.4) is 0 Å². The highest BCUT2D eigenvalue weighted by molar-refractivity contribution is 7.98. The van der Waals surface area contributed by atoms with Crippen LogP contribution in [0, 0.1) is 0 Å². The molecular formula is C25H21NO4S. The van der Waals surface area contributed by atoms with E-state index in [1.807, 2.05) is 84.9 Å². The number of nitrogens with zero attached hydrogens (tertiary/aromatic N) is 1. The van der Waals surface area contributed by atoms with E-state index in [9.17, 15) is 4.79 Å². The van der Waals surface area contributed by atoms with Crippen LogP contribution in [-0.2, 0) is 15.3 Å². The average Bonchev–Trinajstić information content (AvgIpc) is 3.27. The number of benzene rings is 3. The van der Waals surface area contributed by atoms with Crippen LogP contribution in [-0.4, -0.2) is 24.7 Å². The van der Waals surface area contributed by atoms with Gasteiger partial charge < -0.3 is 13.9 Å². The largest absolute Gasteiger partial charge is 0.482 e. The van der Waals surface area contributed by atoms with Gasteiger partial charge in [0.25, 0.3) is 5.22 Å². The van der Waals surface area contributed by atoms with E-state index in [2.05, 4.69) is 4.74 Å². The van der Waals surface area contributed by atoms with Crippen molar-refractivity contribution < 1.29 is 18.7 Å². The SMILES string of the molecule is COC(=O)COc1cccc(CSc2nc(-c3ccccc3)c(-c3ccccc3)o2)c1. The number of carbonyl (C=O) groups is 1. The number of ether oxygens (including phenoxy) is 2. The zero-order valence-electron chi connectivity index (χ0n) is 17.0. The van der Waals surface area contributed by atoms with E-state index >= 15 is 0 Å². The maximum absolute atomic E-state index is 11.3. The molecule has 0 spiro atoms. The number of aromatic nitrogens is 1. The predicted octanol–water partition coefficient (Wildman–Crippen LogP) is 5.85. The Morgan fingerprint density at radius 3 is 2.35 bits per heavy atom. The lowest BCUT2D eigenvalue weighted by atomic mass is 10.1. The summed E-state index contributed by atoms with van der Waals surface area (Å²) in [4.78, 5) is 16.0. The number of methoxy groups -OCH3 is 1. The molecule has 31 heavy (non-hydrogen) atoms. The van der Waals surface area contributed by atoms with Gasteiger partial charge in [0.1, 0.15) is 11.4 Å². The molecular weight excluding hydrogens is 410 g/mol. The molecule has 5 nitrogen and oxygen atoms in total. The van der Waals surface area contributed by atoms with Crippen molar-refractivity contribution in [3.05, 3.63) is 90.5 Å². The molecule has 1 aromatic heterocycles. The zero-order valence-corrected chi connectivity index (χ0v) is 17.8. The maximum Gasteiger partial charge on any atom is 0.343 e. The first-order valence-corrected chi connectivity index (χ1v) is 10.7. The molecule has 0 aliphatic carbocycles. The first-order valence-electron chi connectivity index (χ1n) is 9.76. The lowest BCUT2D eigenvalue weighted by molar-refractivity contribution is -0.142. The number of hydrogen-bond donors (Lipinski definition) is 0. The van der Waals surface area contributed by atoms with E-state index in [0.717, 1.165) is 28.1 Å². The van der Waals surface area contributed by atoms with Crippen LogP contribution in [0.25, 0.3) is 22.6 Å². The number of thioether (sulfide) groups is 1. The van der Waals surface area contributed by atoms with Gasteiger partial charge in [-0.1, -0.05) is 84.6 Å². The molecule has 4 rings (SSSR count). The van der Waals surface area contributed by atoms with Gasteiger partial charge in [-0.25, -0.2) is 9.78 Å². The van der Waals surface area contributed by atoms with Gasteiger partial charge in [-0.05, 0) is 17.7 Å². The Kier molecular flexibility index (Phi) is 6.69. The molecule has 0 bridgehead atoms. The molecule has 0 atom stereocenters. The summed E-state index contributed by atoms with van der Waals surface area (Å²) in [5, 5.41) is 0.596. The van der Waals surface area contributed by atoms with E-state index in [1.54, 1.807) is 0 Å². The third kappa shape index (κ3) is 5.35. The Morgan fingerprint density at radius 2 is 1.65 bits per heavy atom. The second-order valence-corrected chi connectivity index (χ2v) is 7.62. The Hall–Kier alpha value is -3.51. The van der Waals surface area contributed by atoms with Crippen LogP contribution >= 0.6 is 11.8 Å². The molecule has 4 aromatic rings. The van der Waals surface area contributed by atoms with Gasteiger partial charge in [0.15, 0.2) is 12.4 Å². The Morgan fingerprint density at radius 1 is 0.935 bits per heavy atom. The molecule has 0 fully saturated rings. The van der Waals surface area contributed by atoms with Crippen LogP contribution in [0.2, 0.25) is 0 Å². The van der Waals surface area contributed by atoms with Crippen molar-refractivity contribution in [1.29, 1.82) is 0 Å². The molecule has 0 unspecified atom stereocenters. The van der Waals surface area contributed by atoms with E-state index in [1.165, 1.54) is 18.9 Å². The molecule has 3 aromatic carbocycles. The first kappa shape index (κ1) is 20.8. The number of rotatable bonds is 8. The summed E-state index contributed by atoms with van der Waals surface area (Å²) in [5.74, 6) is 1.61. The monoisotopic (exact) mass is 431 g/mol. The standard InChI is InChI=1S/C25H21NO4S/c1-28-22(27)16-29-21-14-8-9-18(15-21)17-31-25-26-23(19-10-4-2-5-11-19)24(30-25)20-12-6-3-7-13-20/h2-15H,16-17H2,1H3. The van der Waals surface area contributed by atoms with Gasteiger partial charge in [0, 0.05) is 16.9 Å². The molecule has 0 N–H and O–H groups in total. The van der Waals surface area contributed by atoms with Crippen molar-refractivity contribution in [2.75, 3.05) is 13.7 Å². The summed E-state index contributed by atoms with van der Waals surface area (Å²) in [7, 11) is 1.34. The number of oxazole rings is 1. The molecule has 0 saturated carbocycles. The van der Waals surface area contributed by atoms with Crippen LogP contribution in [0.15, 0.2) is 94.6 Å². The molecule has 6 heteroatoms. The van der Waals surface area contributed by atoms with Crippen LogP contribution in [0.5, 0.6) is 5.75 Å². The van der Waals surface area contributed by atoms with Crippen LogP contribution in [0.4, 0.5) is 0 Å². The molecule has 1 heterocycles. The summed E-state index contributed by atoms with van der Waals surface area (Å²) >= 11 is 1.51. The summed E-state index contributed by atoms with van der Waals surface area (Å²) in [6.45, 7) is -0.117. The van der Waals surface area contributed by atoms with Crippen molar-refractivity contribution in [1.82, 2.24) is 4.98 Å². The molecule has 0 aliphatic heterocycles. The fourth-order valence-corrected chi connectivity index (χ4v) is 3.78. The first-order chi connectivity index (χ1) is 15.2. The summed E-state index contributed by atoms with van der Waals surface area (Å²) in [6, 6.07) is 27.6. The average molecular weight is 432 g/mol. The van der Waals surface area contributed by atoms with E-state index in [-0.39, 0.29) is 6.61 Å². The van der Waals surface area contributed by atoms with Crippen LogP contribution < -0.4 is 4.74 Å². The van der Waals surface area contributed by atoms with E-state index in [0.29, 0.717) is 16.7 Å². The van der Waals surface area contributed by atoms with Gasteiger partial charge in [-0.15, -0.1) is 0 Å². The minimum Gasteiger partial charge on any atom is -0.482 e. The second kappa shape index (κ2) is 10.00. The van der Waals surface area contributed by atoms with Gasteiger partial charge >= 0.3 is 5.97 Å². The number of esters is 1. The van der Waals surface area contributed by atoms with E-state index in [4.69, 9.17) is 14.1 Å². The highest BCUT2D eigenvalue weighted by atomic mass is 32.2. The summed E-state index contributed by atoms with van der Waals surface area (Å²) < 4.78 is 16.2. The maximum atomic E-state index is 11.3. The van der Waals surface area contributed by atoms with Crippen molar-refractivity contribution >= 4 is 17.7 Å². The Bertz CT molecular complexity index is 1090. The quantitative estimate of drug-likeness (QED) is 0.257. The molecule has 0 aliphatic rings. The molecule has 0 radical (unpaired) electrons. The predicted molar refractivity (Wildman–Crippen MR) is 121 cm³/mol. The third-order valence-electron chi connectivity index (χ3n) is 4.54. The fraction of sp³-hybridized carbons (Fsp3) is 0.120. The second-order valence-electron chi connectivity index (χ2n) is 6.69. The van der Waals surface area contributed by atoms with Crippen molar-refractivity contribution in [3.8, 4) is 28.3 Å². The number of carbonyl (C=O) groups excluding carboxylic acids is 1. The van der Waals surface area contributed by atoms with Crippen molar-refractivity contribution in [2.45, 2.75) is 11.0 Å². The molecule has 0 saturated heterocycles. The Balaban J connectivity index is 1.53. The molecule has 0 amide bonds. The lowest BCUT2D eigenvalue weighted by Crippen LogP contribution is -2.12. The Labute approximate surface area is 185 Å². The fourth-order valence-electron chi connectivity index (χ4n) is 3.01. The summed E-state index contributed by atoms with van der Waals surface area (Å²) in [6.07, 6.45) is 0. The minimum atomic E-state index is -0.415. The smallest absolute Gasteiger partial charge is 0.343 e. The minimum absolute atomic E-state index is 0.117. The van der Waals surface area contributed by atoms with Gasteiger partial charge in [0.05, 0.1) is 7.11 Å². The van der Waals surface area contributed by atoms with Gasteiger partial charge in [0.2, 0.25) is 0 Å². The van der Waals surface area contributed by atoms with Crippen LogP contribution in [0.1, 0.15) is 5.56 Å². The van der Waals surface area contributed by atoms with Gasteiger partial charge in [-0.3, -0.25) is 0 Å². The highest BCUT2D eigenvalue weighted by Gasteiger charge is 2.17. The van der Waals surface area contributed by atoms with Gasteiger partial charge in [-0.2, -0.15) is 0 Å². The molecule has 156 valence electrons.